The summed E-state index contributed by atoms with van der Waals surface area (Å²) in [5, 5.41) is 1.84. The molecule has 4 nitrogen and oxygen atoms in total. The second kappa shape index (κ2) is 3.77. The maximum Gasteiger partial charge on any atom is 0.180 e. The first kappa shape index (κ1) is 10.7. The molecule has 0 saturated carbocycles. The van der Waals surface area contributed by atoms with E-state index in [-0.39, 0.29) is 11.5 Å². The van der Waals surface area contributed by atoms with Gasteiger partial charge in [0.05, 0.1) is 5.52 Å². The summed E-state index contributed by atoms with van der Waals surface area (Å²) in [6.07, 6.45) is 0.660. The number of aldehydes is 1. The van der Waals surface area contributed by atoms with E-state index in [0.29, 0.717) is 17.5 Å². The van der Waals surface area contributed by atoms with E-state index in [1.807, 2.05) is 24.3 Å². The Morgan fingerprint density at radius 1 is 1.28 bits per heavy atom. The number of hydrogen-bond donors (Lipinski definition) is 1. The largest absolute Gasteiger partial charge is 0.353 e. The summed E-state index contributed by atoms with van der Waals surface area (Å²) in [6.45, 7) is 1.45. The van der Waals surface area contributed by atoms with Crippen LogP contribution < -0.4 is 0 Å². The van der Waals surface area contributed by atoms with E-state index in [9.17, 15) is 9.59 Å². The van der Waals surface area contributed by atoms with Crippen LogP contribution in [0.2, 0.25) is 0 Å². The first-order valence-corrected chi connectivity index (χ1v) is 5.58. The Bertz CT molecular complexity index is 787. The summed E-state index contributed by atoms with van der Waals surface area (Å²) >= 11 is 0. The molecule has 3 aromatic rings. The molecule has 88 valence electrons. The number of H-pyrrole nitrogens is 1. The summed E-state index contributed by atoms with van der Waals surface area (Å²) < 4.78 is 0. The lowest BCUT2D eigenvalue weighted by atomic mass is 10.1. The molecule has 1 N–H and O–H groups in total. The van der Waals surface area contributed by atoms with Gasteiger partial charge in [-0.15, -0.1) is 0 Å². The fourth-order valence-corrected chi connectivity index (χ4v) is 2.18. The predicted octanol–water partition coefficient (Wildman–Crippen LogP) is 2.73. The number of nitrogens with one attached hydrogen (secondary N) is 1. The minimum atomic E-state index is -0.157. The van der Waals surface area contributed by atoms with Gasteiger partial charge in [0.2, 0.25) is 0 Å². The van der Waals surface area contributed by atoms with Crippen LogP contribution in [0, 0.1) is 0 Å². The second-order valence-corrected chi connectivity index (χ2v) is 4.16. The standard InChI is InChI=1S/C14H10N2O2/c1-8(18)13-14-11(6-9(7-17)15-13)10-4-2-3-5-12(10)16-14/h2-7,16H,1H3. The van der Waals surface area contributed by atoms with Crippen LogP contribution in [0.3, 0.4) is 0 Å². The average molecular weight is 238 g/mol. The van der Waals surface area contributed by atoms with E-state index in [0.717, 1.165) is 16.3 Å². The van der Waals surface area contributed by atoms with Crippen LogP contribution in [-0.4, -0.2) is 22.0 Å². The highest BCUT2D eigenvalue weighted by atomic mass is 16.1. The maximum absolute atomic E-state index is 11.6. The molecule has 0 aliphatic heterocycles. The lowest BCUT2D eigenvalue weighted by Crippen LogP contribution is -2.01. The van der Waals surface area contributed by atoms with Gasteiger partial charge in [-0.25, -0.2) is 4.98 Å². The van der Waals surface area contributed by atoms with Crippen molar-refractivity contribution in [1.29, 1.82) is 0 Å². The smallest absolute Gasteiger partial charge is 0.180 e. The number of carbonyl (C=O) groups is 2. The van der Waals surface area contributed by atoms with Gasteiger partial charge >= 0.3 is 0 Å². The Morgan fingerprint density at radius 3 is 2.78 bits per heavy atom. The zero-order valence-corrected chi connectivity index (χ0v) is 9.73. The van der Waals surface area contributed by atoms with Crippen LogP contribution in [0.4, 0.5) is 0 Å². The SMILES string of the molecule is CC(=O)c1nc(C=O)cc2c1[nH]c1ccccc12. The number of para-hydroxylation sites is 1. The molecule has 1 aromatic carbocycles. The molecule has 0 bridgehead atoms. The Labute approximate surface area is 103 Å². The number of aromatic nitrogens is 2. The van der Waals surface area contributed by atoms with Gasteiger partial charge in [0.15, 0.2) is 12.1 Å². The first-order valence-electron chi connectivity index (χ1n) is 5.58. The van der Waals surface area contributed by atoms with Gasteiger partial charge in [0.1, 0.15) is 11.4 Å². The van der Waals surface area contributed by atoms with Crippen molar-refractivity contribution in [3.8, 4) is 0 Å². The third kappa shape index (κ3) is 1.43. The van der Waals surface area contributed by atoms with Gasteiger partial charge < -0.3 is 4.98 Å². The number of carbonyl (C=O) groups excluding carboxylic acids is 2. The van der Waals surface area contributed by atoms with Gasteiger partial charge in [-0.2, -0.15) is 0 Å². The van der Waals surface area contributed by atoms with Crippen molar-refractivity contribution in [2.45, 2.75) is 6.92 Å². The zero-order valence-electron chi connectivity index (χ0n) is 9.73. The van der Waals surface area contributed by atoms with Gasteiger partial charge in [-0.1, -0.05) is 18.2 Å². The Morgan fingerprint density at radius 2 is 2.06 bits per heavy atom. The number of fused-ring (bicyclic) bond motifs is 3. The van der Waals surface area contributed by atoms with Gasteiger partial charge in [-0.05, 0) is 12.1 Å². The van der Waals surface area contributed by atoms with Gasteiger partial charge in [0, 0.05) is 23.2 Å². The molecule has 0 aliphatic carbocycles. The Kier molecular flexibility index (Phi) is 2.23. The first-order chi connectivity index (χ1) is 8.70. The molecule has 3 rings (SSSR count). The summed E-state index contributed by atoms with van der Waals surface area (Å²) in [7, 11) is 0. The molecule has 0 fully saturated rings. The topological polar surface area (TPSA) is 62.8 Å². The van der Waals surface area contributed by atoms with E-state index in [4.69, 9.17) is 0 Å². The van der Waals surface area contributed by atoms with Crippen molar-refractivity contribution in [3.63, 3.8) is 0 Å². The summed E-state index contributed by atoms with van der Waals surface area (Å²) in [5.74, 6) is -0.157. The highest BCUT2D eigenvalue weighted by molar-refractivity contribution is 6.14. The number of pyridine rings is 1. The summed E-state index contributed by atoms with van der Waals surface area (Å²) in [5.41, 5.74) is 2.21. The molecule has 0 aliphatic rings. The normalized spacial score (nSPS) is 10.9. The Balaban J connectivity index is 2.54. The second-order valence-electron chi connectivity index (χ2n) is 4.16. The quantitative estimate of drug-likeness (QED) is 0.551. The molecule has 2 aromatic heterocycles. The average Bonchev–Trinajstić information content (AvgIpc) is 2.75. The number of Topliss-reactive ketones (excluding diaryl/α,β-unsaturated/α-hetero) is 1. The third-order valence-corrected chi connectivity index (χ3v) is 2.97. The number of hydrogen-bond acceptors (Lipinski definition) is 3. The van der Waals surface area contributed by atoms with Gasteiger partial charge in [0.25, 0.3) is 0 Å². The van der Waals surface area contributed by atoms with Crippen molar-refractivity contribution >= 4 is 33.9 Å². The molecular formula is C14H10N2O2. The van der Waals surface area contributed by atoms with Crippen molar-refractivity contribution in [2.24, 2.45) is 0 Å². The maximum atomic E-state index is 11.6. The van der Waals surface area contributed by atoms with E-state index in [2.05, 4.69) is 9.97 Å². The number of nitrogens with zero attached hydrogens (tertiary/aromatic N) is 1. The molecule has 0 unspecified atom stereocenters. The highest BCUT2D eigenvalue weighted by Crippen LogP contribution is 2.27. The molecule has 0 spiro atoms. The van der Waals surface area contributed by atoms with Crippen molar-refractivity contribution in [2.75, 3.05) is 0 Å². The van der Waals surface area contributed by atoms with E-state index < -0.39 is 0 Å². The molecular weight excluding hydrogens is 228 g/mol. The highest BCUT2D eigenvalue weighted by Gasteiger charge is 2.14. The number of ketones is 1. The van der Waals surface area contributed by atoms with Crippen LogP contribution in [0.25, 0.3) is 21.8 Å². The molecule has 4 heteroatoms. The van der Waals surface area contributed by atoms with Crippen LogP contribution >= 0.6 is 0 Å². The fraction of sp³-hybridized carbons (Fsp3) is 0.0714. The number of benzene rings is 1. The van der Waals surface area contributed by atoms with Crippen LogP contribution in [0.5, 0.6) is 0 Å². The lowest BCUT2D eigenvalue weighted by Gasteiger charge is -1.99. The lowest BCUT2D eigenvalue weighted by molar-refractivity contribution is 0.101. The molecule has 0 amide bonds. The predicted molar refractivity (Wildman–Crippen MR) is 69.0 cm³/mol. The van der Waals surface area contributed by atoms with E-state index in [1.54, 1.807) is 6.07 Å². The van der Waals surface area contributed by atoms with Crippen LogP contribution in [0.15, 0.2) is 30.3 Å². The molecule has 2 heterocycles. The summed E-state index contributed by atoms with van der Waals surface area (Å²) in [4.78, 5) is 29.8. The zero-order chi connectivity index (χ0) is 12.7. The van der Waals surface area contributed by atoms with E-state index in [1.165, 1.54) is 6.92 Å². The van der Waals surface area contributed by atoms with Crippen molar-refractivity contribution in [1.82, 2.24) is 9.97 Å². The number of aromatic amines is 1. The Hall–Kier alpha value is -2.49. The molecule has 0 atom stereocenters. The summed E-state index contributed by atoms with van der Waals surface area (Å²) in [6, 6.07) is 9.42. The molecule has 18 heavy (non-hydrogen) atoms. The van der Waals surface area contributed by atoms with Gasteiger partial charge in [-0.3, -0.25) is 9.59 Å². The third-order valence-electron chi connectivity index (χ3n) is 2.97. The van der Waals surface area contributed by atoms with Crippen molar-refractivity contribution < 1.29 is 9.59 Å². The van der Waals surface area contributed by atoms with Crippen molar-refractivity contribution in [3.05, 3.63) is 41.7 Å². The van der Waals surface area contributed by atoms with Crippen LogP contribution in [0.1, 0.15) is 27.9 Å². The van der Waals surface area contributed by atoms with E-state index >= 15 is 0 Å². The minimum absolute atomic E-state index is 0.157. The molecule has 0 radical (unpaired) electrons. The minimum Gasteiger partial charge on any atom is -0.353 e. The monoisotopic (exact) mass is 238 g/mol. The number of rotatable bonds is 2. The fourth-order valence-electron chi connectivity index (χ4n) is 2.18. The van der Waals surface area contributed by atoms with Crippen LogP contribution in [-0.2, 0) is 0 Å². The molecule has 0 saturated heterocycles.